The Bertz CT molecular complexity index is 548. The van der Waals surface area contributed by atoms with E-state index in [0.717, 1.165) is 30.3 Å². The number of aromatic nitrogens is 2. The van der Waals surface area contributed by atoms with E-state index in [1.807, 2.05) is 0 Å². The molecule has 1 heterocycles. The Morgan fingerprint density at radius 2 is 2.05 bits per heavy atom. The second kappa shape index (κ2) is 7.14. The normalized spacial score (nSPS) is 16.6. The monoisotopic (exact) mass is 301 g/mol. The van der Waals surface area contributed by atoms with Gasteiger partial charge >= 0.3 is 0 Å². The average molecular weight is 301 g/mol. The van der Waals surface area contributed by atoms with Gasteiger partial charge in [0.25, 0.3) is 0 Å². The van der Waals surface area contributed by atoms with E-state index in [9.17, 15) is 0 Å². The second-order valence-electron chi connectivity index (χ2n) is 5.83. The summed E-state index contributed by atoms with van der Waals surface area (Å²) in [5.74, 6) is 0.851. The molecule has 0 aliphatic heterocycles. The molecule has 3 rings (SSSR count). The molecule has 1 N–H and O–H groups in total. The highest BCUT2D eigenvalue weighted by Crippen LogP contribution is 2.32. The molecule has 1 aliphatic carbocycles. The summed E-state index contributed by atoms with van der Waals surface area (Å²) in [6.07, 6.45) is 6.36. The smallest absolute Gasteiger partial charge is 0.139 e. The van der Waals surface area contributed by atoms with Crippen molar-refractivity contribution in [1.29, 1.82) is 0 Å². The van der Waals surface area contributed by atoms with Crippen molar-refractivity contribution in [3.8, 4) is 0 Å². The van der Waals surface area contributed by atoms with Crippen LogP contribution in [-0.4, -0.2) is 16.7 Å². The van der Waals surface area contributed by atoms with E-state index in [-0.39, 0.29) is 6.04 Å². The van der Waals surface area contributed by atoms with E-state index >= 15 is 0 Å². The van der Waals surface area contributed by atoms with Gasteiger partial charge in [0.15, 0.2) is 0 Å². The van der Waals surface area contributed by atoms with Crippen LogP contribution >= 0.6 is 11.3 Å². The topological polar surface area (TPSA) is 37.8 Å². The maximum Gasteiger partial charge on any atom is 0.139 e. The van der Waals surface area contributed by atoms with E-state index in [0.29, 0.717) is 0 Å². The van der Waals surface area contributed by atoms with Gasteiger partial charge in [-0.1, -0.05) is 67.9 Å². The molecule has 4 heteroatoms. The molecule has 1 aliphatic rings. The Kier molecular flexibility index (Phi) is 4.99. The molecule has 1 unspecified atom stereocenters. The highest BCUT2D eigenvalue weighted by atomic mass is 32.1. The lowest BCUT2D eigenvalue weighted by Crippen LogP contribution is -2.23. The maximum absolute atomic E-state index is 4.46. The highest BCUT2D eigenvalue weighted by Gasteiger charge is 2.22. The first kappa shape index (κ1) is 14.7. The number of nitrogens with zero attached hydrogens (tertiary/aromatic N) is 2. The first-order valence-electron chi connectivity index (χ1n) is 7.97. The van der Waals surface area contributed by atoms with Gasteiger partial charge in [0.05, 0.1) is 6.04 Å². The van der Waals surface area contributed by atoms with Crippen molar-refractivity contribution < 1.29 is 0 Å². The summed E-state index contributed by atoms with van der Waals surface area (Å²) in [4.78, 5) is 0. The average Bonchev–Trinajstić information content (AvgIpc) is 2.93. The Balaban J connectivity index is 1.75. The van der Waals surface area contributed by atoms with Crippen molar-refractivity contribution in [1.82, 2.24) is 15.5 Å². The summed E-state index contributed by atoms with van der Waals surface area (Å²) in [6.45, 7) is 3.19. The van der Waals surface area contributed by atoms with Crippen LogP contribution < -0.4 is 5.32 Å². The third-order valence-corrected chi connectivity index (χ3v) is 5.16. The summed E-state index contributed by atoms with van der Waals surface area (Å²) in [7, 11) is 0. The molecule has 0 radical (unpaired) electrons. The summed E-state index contributed by atoms with van der Waals surface area (Å²) in [6, 6.07) is 10.8. The van der Waals surface area contributed by atoms with Crippen LogP contribution in [0.1, 0.15) is 54.2 Å². The van der Waals surface area contributed by atoms with Crippen molar-refractivity contribution >= 4 is 11.3 Å². The molecule has 2 aromatic rings. The molecule has 21 heavy (non-hydrogen) atoms. The lowest BCUT2D eigenvalue weighted by atomic mass is 9.83. The molecule has 3 nitrogen and oxygen atoms in total. The van der Waals surface area contributed by atoms with E-state index in [4.69, 9.17) is 0 Å². The number of nitrogens with one attached hydrogen (secondary N) is 1. The molecule has 1 atom stereocenters. The van der Waals surface area contributed by atoms with Gasteiger partial charge in [-0.15, -0.1) is 10.2 Å². The van der Waals surface area contributed by atoms with Gasteiger partial charge in [-0.3, -0.25) is 0 Å². The zero-order valence-corrected chi connectivity index (χ0v) is 13.4. The molecule has 0 bridgehead atoms. The minimum absolute atomic E-state index is 0.179. The van der Waals surface area contributed by atoms with Crippen LogP contribution in [-0.2, 0) is 6.42 Å². The van der Waals surface area contributed by atoms with E-state index in [1.54, 1.807) is 11.3 Å². The zero-order valence-electron chi connectivity index (χ0n) is 12.6. The third kappa shape index (κ3) is 3.69. The van der Waals surface area contributed by atoms with Gasteiger partial charge in [0.2, 0.25) is 0 Å². The van der Waals surface area contributed by atoms with Crippen LogP contribution in [0.5, 0.6) is 0 Å². The van der Waals surface area contributed by atoms with Gasteiger partial charge < -0.3 is 5.32 Å². The number of hydrogen-bond acceptors (Lipinski definition) is 4. The third-order valence-electron chi connectivity index (χ3n) is 4.15. The van der Waals surface area contributed by atoms with Crippen LogP contribution in [0.4, 0.5) is 0 Å². The fourth-order valence-corrected chi connectivity index (χ4v) is 3.75. The molecular weight excluding hydrogens is 278 g/mol. The standard InChI is InChI=1S/C17H23N3S/c1-2-11-18-16(14-9-4-3-5-10-14)17-20-19-15(21-17)12-13-7-6-8-13/h3-5,9-10,13,16,18H,2,6-8,11-12H2,1H3. The molecule has 112 valence electrons. The Morgan fingerprint density at radius 3 is 2.71 bits per heavy atom. The molecule has 1 fully saturated rings. The molecular formula is C17H23N3S. The second-order valence-corrected chi connectivity index (χ2v) is 6.93. The minimum Gasteiger partial charge on any atom is -0.304 e. The fraction of sp³-hybridized carbons (Fsp3) is 0.529. The first-order valence-corrected chi connectivity index (χ1v) is 8.79. The predicted octanol–water partition coefficient (Wildman–Crippen LogP) is 3.97. The molecule has 0 spiro atoms. The van der Waals surface area contributed by atoms with Crippen molar-refractivity contribution in [2.75, 3.05) is 6.54 Å². The number of rotatable bonds is 7. The van der Waals surface area contributed by atoms with Crippen molar-refractivity contribution in [2.45, 2.75) is 45.1 Å². The van der Waals surface area contributed by atoms with E-state index in [2.05, 4.69) is 52.8 Å². The van der Waals surface area contributed by atoms with Crippen LogP contribution in [0.25, 0.3) is 0 Å². The van der Waals surface area contributed by atoms with Crippen LogP contribution in [0.15, 0.2) is 30.3 Å². The van der Waals surface area contributed by atoms with Crippen molar-refractivity contribution in [3.05, 3.63) is 45.9 Å². The number of hydrogen-bond donors (Lipinski definition) is 1. The molecule has 0 saturated heterocycles. The summed E-state index contributed by atoms with van der Waals surface area (Å²) in [5.41, 5.74) is 1.28. The first-order chi connectivity index (χ1) is 10.4. The highest BCUT2D eigenvalue weighted by molar-refractivity contribution is 7.11. The van der Waals surface area contributed by atoms with Gasteiger partial charge in [-0.25, -0.2) is 0 Å². The van der Waals surface area contributed by atoms with Crippen LogP contribution in [0.2, 0.25) is 0 Å². The van der Waals surface area contributed by atoms with Gasteiger partial charge in [-0.2, -0.15) is 0 Å². The van der Waals surface area contributed by atoms with E-state index in [1.165, 1.54) is 29.8 Å². The number of benzene rings is 1. The van der Waals surface area contributed by atoms with Crippen molar-refractivity contribution in [2.24, 2.45) is 5.92 Å². The Hall–Kier alpha value is -1.26. The largest absolute Gasteiger partial charge is 0.304 e. The Morgan fingerprint density at radius 1 is 1.24 bits per heavy atom. The predicted molar refractivity (Wildman–Crippen MR) is 87.5 cm³/mol. The molecule has 1 aromatic heterocycles. The van der Waals surface area contributed by atoms with Crippen LogP contribution in [0, 0.1) is 5.92 Å². The van der Waals surface area contributed by atoms with Gasteiger partial charge in [0.1, 0.15) is 10.0 Å². The van der Waals surface area contributed by atoms with Crippen molar-refractivity contribution in [3.63, 3.8) is 0 Å². The van der Waals surface area contributed by atoms with Gasteiger partial charge in [-0.05, 0) is 24.4 Å². The van der Waals surface area contributed by atoms with E-state index < -0.39 is 0 Å². The van der Waals surface area contributed by atoms with Gasteiger partial charge in [0, 0.05) is 6.42 Å². The lowest BCUT2D eigenvalue weighted by Gasteiger charge is -2.23. The lowest BCUT2D eigenvalue weighted by molar-refractivity contribution is 0.313. The zero-order chi connectivity index (χ0) is 14.5. The Labute approximate surface area is 130 Å². The van der Waals surface area contributed by atoms with Crippen LogP contribution in [0.3, 0.4) is 0 Å². The minimum atomic E-state index is 0.179. The molecule has 0 amide bonds. The molecule has 1 aromatic carbocycles. The summed E-state index contributed by atoms with van der Waals surface area (Å²) in [5, 5.41) is 14.8. The maximum atomic E-state index is 4.46. The SMILES string of the molecule is CCCNC(c1ccccc1)c1nnc(CC2CCC2)s1. The fourth-order valence-electron chi connectivity index (χ4n) is 2.69. The quantitative estimate of drug-likeness (QED) is 0.841. The molecule has 1 saturated carbocycles. The summed E-state index contributed by atoms with van der Waals surface area (Å²) >= 11 is 1.78. The summed E-state index contributed by atoms with van der Waals surface area (Å²) < 4.78 is 0.